The number of rotatable bonds is 16. The number of carbonyl (C=O) groups is 2. The fraction of sp³-hybridized carbons (Fsp3) is 0.388. The zero-order valence-corrected chi connectivity index (χ0v) is 50.8. The number of anilines is 1. The number of amides is 2. The lowest BCUT2D eigenvalue weighted by molar-refractivity contribution is -0.405. The second kappa shape index (κ2) is 23.2. The number of halogens is 6. The van der Waals surface area contributed by atoms with E-state index in [2.05, 4.69) is 33.0 Å². The molecule has 89 heavy (non-hydrogen) atoms. The van der Waals surface area contributed by atoms with Gasteiger partial charge in [-0.2, -0.15) is 15.0 Å². The minimum atomic E-state index is -1.23. The standard InChI is InChI=1S/C67H65Cl2F4N12O4/c1-5-52(86)83-32-40(33-83)30-81(4)62-48-28-75-58(46-16-7-12-42-14-9-18-50(69)54(42)46)56(73)60(48)77-65(79-62)89-37-67-22-19-51(85(67)35-44(71)26-67)38(2)63(87)82-24-20-39(31-82)29-80(3)61-47-27-74-57(45-15-6-11-41-13-8-17-49(68)53(41)45)55(72)59(47)76-64(78-61)88-36-66-21-10-23-84(66)34-43(70)25-66/h5-9,11-18,27-29,39-40,43-44,51H,1-2,10,19-26,30-37H2,3-4H3/q+1/b80-29+/t39?,43-,44-,51?,66+,67+/m0/s1. The van der Waals surface area contributed by atoms with E-state index in [1.807, 2.05) is 78.6 Å². The average molecular weight is 1250 g/mol. The van der Waals surface area contributed by atoms with E-state index in [1.54, 1.807) is 51.0 Å². The summed E-state index contributed by atoms with van der Waals surface area (Å²) in [5, 5.41) is 4.49. The van der Waals surface area contributed by atoms with Crippen molar-refractivity contribution in [2.45, 2.75) is 74.4 Å². The third kappa shape index (κ3) is 10.5. The van der Waals surface area contributed by atoms with Crippen LogP contribution in [0.1, 0.15) is 44.9 Å². The van der Waals surface area contributed by atoms with Crippen molar-refractivity contribution >= 4 is 96.2 Å². The summed E-state index contributed by atoms with van der Waals surface area (Å²) >= 11 is 13.5. The smallest absolute Gasteiger partial charge is 0.434 e. The number of fused-ring (bicyclic) bond motifs is 6. The maximum atomic E-state index is 17.3. The molecule has 6 aliphatic rings. The highest BCUT2D eigenvalue weighted by molar-refractivity contribution is 6.37. The maximum absolute atomic E-state index is 17.3. The molecular formula is C67H65Cl2F4N12O4+. The van der Waals surface area contributed by atoms with Crippen LogP contribution in [0.15, 0.2) is 110 Å². The molecule has 0 aliphatic carbocycles. The molecule has 14 rings (SSSR count). The number of nitrogens with zero attached hydrogens (tertiary/aromatic N) is 12. The first-order valence-corrected chi connectivity index (χ1v) is 31.1. The van der Waals surface area contributed by atoms with Crippen LogP contribution in [-0.2, 0) is 9.59 Å². The highest BCUT2D eigenvalue weighted by Gasteiger charge is 2.55. The molecule has 22 heteroatoms. The van der Waals surface area contributed by atoms with Crippen molar-refractivity contribution in [3.8, 4) is 34.5 Å². The summed E-state index contributed by atoms with van der Waals surface area (Å²) in [4.78, 5) is 64.9. The zero-order valence-electron chi connectivity index (χ0n) is 49.3. The highest BCUT2D eigenvalue weighted by Crippen LogP contribution is 2.47. The number of hydrogen-bond donors (Lipinski definition) is 0. The molecule has 6 aliphatic heterocycles. The first-order valence-electron chi connectivity index (χ1n) is 30.3. The number of ether oxygens (including phenoxy) is 2. The molecule has 16 nitrogen and oxygen atoms in total. The molecule has 8 aromatic rings. The number of likely N-dealkylation sites (tertiary alicyclic amines) is 2. The fourth-order valence-corrected chi connectivity index (χ4v) is 15.6. The summed E-state index contributed by atoms with van der Waals surface area (Å²) in [6.45, 7) is 11.5. The van der Waals surface area contributed by atoms with Crippen LogP contribution in [0, 0.1) is 23.5 Å². The van der Waals surface area contributed by atoms with E-state index in [0.717, 1.165) is 30.2 Å². The van der Waals surface area contributed by atoms with Gasteiger partial charge in [-0.1, -0.05) is 97.0 Å². The molecule has 0 radical (unpaired) electrons. The lowest BCUT2D eigenvalue weighted by Crippen LogP contribution is -2.53. The summed E-state index contributed by atoms with van der Waals surface area (Å²) in [6, 6.07) is 21.3. The van der Waals surface area contributed by atoms with Crippen molar-refractivity contribution in [1.29, 1.82) is 0 Å². The van der Waals surface area contributed by atoms with Crippen molar-refractivity contribution in [2.75, 3.05) is 84.6 Å². The van der Waals surface area contributed by atoms with E-state index in [1.165, 1.54) is 6.08 Å². The SMILES string of the molecule is C=CC(=O)N1CC(CN(C)c2nc(OC[C@]34CCC(C(=C)C(=O)N5CCC(/C=[N+](\C)c6nc(OC[C@]78CCCN7C[C@@H](F)C8)nc7c(F)c(-c8cccc9cccc(Cl)c89)ncc67)C5)N3C[C@@H](F)C4)nc3c(F)c(-c4cccc5cccc(Cl)c45)ncc23)C1. The molecule has 0 bridgehead atoms. The first kappa shape index (κ1) is 58.8. The second-order valence-corrected chi connectivity index (χ2v) is 25.8. The second-order valence-electron chi connectivity index (χ2n) is 25.0. The van der Waals surface area contributed by atoms with Crippen molar-refractivity contribution in [3.05, 3.63) is 132 Å². The number of carbonyl (C=O) groups excluding carboxylic acids is 2. The van der Waals surface area contributed by atoms with Gasteiger partial charge in [0.15, 0.2) is 11.6 Å². The molecule has 458 valence electrons. The normalized spacial score (nSPS) is 23.8. The number of pyridine rings is 2. The van der Waals surface area contributed by atoms with Crippen molar-refractivity contribution < 1.29 is 41.2 Å². The Balaban J connectivity index is 0.710. The van der Waals surface area contributed by atoms with E-state index < -0.39 is 41.1 Å². The molecular weight excluding hydrogens is 1180 g/mol. The average Bonchev–Trinajstić information content (AvgIpc) is 1.75. The van der Waals surface area contributed by atoms with Gasteiger partial charge in [-0.05, 0) is 67.6 Å². The fourth-order valence-electron chi connectivity index (χ4n) is 15.1. The molecule has 2 amide bonds. The summed E-state index contributed by atoms with van der Waals surface area (Å²) < 4.78 is 80.2. The van der Waals surface area contributed by atoms with Crippen LogP contribution in [0.2, 0.25) is 10.0 Å². The molecule has 0 spiro atoms. The van der Waals surface area contributed by atoms with Gasteiger partial charge in [0.25, 0.3) is 5.91 Å². The summed E-state index contributed by atoms with van der Waals surface area (Å²) in [5.74, 6) is -1.13. The van der Waals surface area contributed by atoms with Gasteiger partial charge in [0.05, 0.1) is 29.7 Å². The Hall–Kier alpha value is -7.91. The van der Waals surface area contributed by atoms with Crippen LogP contribution in [0.25, 0.3) is 65.9 Å². The van der Waals surface area contributed by atoms with Crippen LogP contribution >= 0.6 is 23.2 Å². The predicted molar refractivity (Wildman–Crippen MR) is 336 cm³/mol. The Bertz CT molecular complexity index is 4260. The molecule has 0 saturated carbocycles. The minimum absolute atomic E-state index is 0.00725. The van der Waals surface area contributed by atoms with Crippen LogP contribution in [0.4, 0.5) is 29.2 Å². The Morgan fingerprint density at radius 2 is 1.34 bits per heavy atom. The van der Waals surface area contributed by atoms with E-state index in [-0.39, 0.29) is 84.3 Å². The minimum Gasteiger partial charge on any atom is -0.461 e. The quantitative estimate of drug-likeness (QED) is 0.0391. The Labute approximate surface area is 521 Å². The summed E-state index contributed by atoms with van der Waals surface area (Å²) in [5.41, 5.74) is 0.0347. The molecule has 6 saturated heterocycles. The predicted octanol–water partition coefficient (Wildman–Crippen LogP) is 11.4. The van der Waals surface area contributed by atoms with Gasteiger partial charge in [-0.3, -0.25) is 29.4 Å². The van der Waals surface area contributed by atoms with Crippen LogP contribution in [0.5, 0.6) is 12.0 Å². The molecule has 6 atom stereocenters. The Morgan fingerprint density at radius 1 is 0.742 bits per heavy atom. The van der Waals surface area contributed by atoms with Crippen molar-refractivity contribution in [1.82, 2.24) is 49.5 Å². The largest absolute Gasteiger partial charge is 0.461 e. The van der Waals surface area contributed by atoms with Crippen LogP contribution in [-0.4, -0.2) is 181 Å². The molecule has 0 N–H and O–H groups in total. The van der Waals surface area contributed by atoms with Gasteiger partial charge in [-0.25, -0.2) is 22.1 Å². The van der Waals surface area contributed by atoms with Crippen LogP contribution in [0.3, 0.4) is 0 Å². The van der Waals surface area contributed by atoms with Gasteiger partial charge in [0.2, 0.25) is 5.91 Å². The number of benzene rings is 4. The third-order valence-corrected chi connectivity index (χ3v) is 20.0. The lowest BCUT2D eigenvalue weighted by Gasteiger charge is -2.40. The molecule has 4 aromatic carbocycles. The molecule has 4 aromatic heterocycles. The maximum Gasteiger partial charge on any atom is 0.434 e. The van der Waals surface area contributed by atoms with E-state index in [4.69, 9.17) is 47.6 Å². The number of alkyl halides is 2. The zero-order chi connectivity index (χ0) is 61.6. The Morgan fingerprint density at radius 3 is 2.00 bits per heavy atom. The van der Waals surface area contributed by atoms with E-state index in [0.29, 0.717) is 125 Å². The van der Waals surface area contributed by atoms with E-state index in [9.17, 15) is 14.0 Å². The Kier molecular flexibility index (Phi) is 15.3. The van der Waals surface area contributed by atoms with Gasteiger partial charge in [-0.15, -0.1) is 0 Å². The van der Waals surface area contributed by atoms with Gasteiger partial charge in [0, 0.05) is 138 Å². The monoisotopic (exact) mass is 1250 g/mol. The number of aromatic nitrogens is 6. The molecule has 6 fully saturated rings. The van der Waals surface area contributed by atoms with Gasteiger partial charge < -0.3 is 24.2 Å². The lowest BCUT2D eigenvalue weighted by atomic mass is 9.94. The van der Waals surface area contributed by atoms with Crippen molar-refractivity contribution in [3.63, 3.8) is 0 Å². The first-order chi connectivity index (χ1) is 43.0. The highest BCUT2D eigenvalue weighted by atomic mass is 35.5. The number of hydrogen-bond acceptors (Lipinski definition) is 13. The van der Waals surface area contributed by atoms with E-state index >= 15 is 13.2 Å². The van der Waals surface area contributed by atoms with Crippen molar-refractivity contribution in [2.24, 2.45) is 11.8 Å². The summed E-state index contributed by atoms with van der Waals surface area (Å²) in [7, 11) is 3.64. The molecule has 10 heterocycles. The van der Waals surface area contributed by atoms with Gasteiger partial charge >= 0.3 is 17.8 Å². The molecule has 2 unspecified atom stereocenters. The third-order valence-electron chi connectivity index (χ3n) is 19.4. The summed E-state index contributed by atoms with van der Waals surface area (Å²) in [6.07, 6.45) is 7.89. The topological polar surface area (TPSA) is 149 Å². The van der Waals surface area contributed by atoms with Gasteiger partial charge in [0.1, 0.15) is 59.2 Å². The van der Waals surface area contributed by atoms with Crippen LogP contribution < -0.4 is 14.4 Å².